The fraction of sp³-hybridized carbons (Fsp3) is 0.719. The van der Waals surface area contributed by atoms with Crippen LogP contribution in [0.25, 0.3) is 0 Å². The molecule has 0 aliphatic heterocycles. The van der Waals surface area contributed by atoms with Gasteiger partial charge in [0.2, 0.25) is 0 Å². The molecule has 0 heterocycles. The number of hydrogen-bond acceptors (Lipinski definition) is 5. The molecule has 5 nitrogen and oxygen atoms in total. The second kappa shape index (κ2) is 17.4. The van der Waals surface area contributed by atoms with E-state index in [-0.39, 0.29) is 31.0 Å². The van der Waals surface area contributed by atoms with Crippen molar-refractivity contribution in [3.63, 3.8) is 0 Å². The van der Waals surface area contributed by atoms with Gasteiger partial charge in [-0.25, -0.2) is 4.79 Å². The summed E-state index contributed by atoms with van der Waals surface area (Å²) in [5, 5.41) is 10.4. The molecule has 0 aliphatic rings. The number of benzene rings is 1. The van der Waals surface area contributed by atoms with E-state index in [4.69, 9.17) is 13.9 Å². The van der Waals surface area contributed by atoms with Gasteiger partial charge < -0.3 is 19.0 Å². The molecule has 55 heavy (non-hydrogen) atoms. The van der Waals surface area contributed by atoms with Gasteiger partial charge in [0, 0.05) is 12.0 Å². The maximum Gasteiger partial charge on any atom is 0.460 e. The highest BCUT2D eigenvalue weighted by Gasteiger charge is 2.95. The highest BCUT2D eigenvalue weighted by atomic mass is 28.4. The largest absolute Gasteiger partial charge is 0.491 e. The lowest BCUT2D eigenvalue weighted by atomic mass is 9.88. The van der Waals surface area contributed by atoms with Crippen molar-refractivity contribution in [3.05, 3.63) is 41.5 Å². The Balaban J connectivity index is 3.20. The van der Waals surface area contributed by atoms with Crippen LogP contribution in [-0.2, 0) is 14.0 Å². The Labute approximate surface area is 305 Å². The average Bonchev–Trinajstić information content (AvgIpc) is 3.05. The summed E-state index contributed by atoms with van der Waals surface area (Å²) in [6.07, 6.45) is -9.94. The van der Waals surface area contributed by atoms with Gasteiger partial charge in [-0.1, -0.05) is 45.9 Å². The predicted molar refractivity (Wildman–Crippen MR) is 164 cm³/mol. The Morgan fingerprint density at radius 2 is 1.15 bits per heavy atom. The Morgan fingerprint density at radius 3 is 1.56 bits per heavy atom. The highest BCUT2D eigenvalue weighted by Crippen LogP contribution is 2.64. The van der Waals surface area contributed by atoms with Gasteiger partial charge in [0.1, 0.15) is 12.4 Å². The fourth-order valence-electron chi connectivity index (χ4n) is 5.29. The molecule has 0 unspecified atom stereocenters. The third kappa shape index (κ3) is 9.66. The van der Waals surface area contributed by atoms with Crippen molar-refractivity contribution in [3.8, 4) is 5.75 Å². The molecule has 0 amide bonds. The molecular weight excluding hydrogens is 815 g/mol. The monoisotopic (exact) mass is 854 g/mol. The van der Waals surface area contributed by atoms with E-state index in [1.54, 1.807) is 6.92 Å². The summed E-state index contributed by atoms with van der Waals surface area (Å²) in [4.78, 5) is 11.7. The molecule has 1 atom stereocenters. The Bertz CT molecular complexity index is 1440. The third-order valence-electron chi connectivity index (χ3n) is 8.80. The molecule has 1 N–H and O–H groups in total. The second-order valence-corrected chi connectivity index (χ2v) is 18.0. The number of rotatable bonds is 21. The summed E-state index contributed by atoms with van der Waals surface area (Å²) in [6, 6.07) is 4.35. The zero-order chi connectivity index (χ0) is 43.4. The van der Waals surface area contributed by atoms with Crippen molar-refractivity contribution in [2.45, 2.75) is 125 Å². The first-order chi connectivity index (χ1) is 24.6. The molecule has 0 saturated heterocycles. The van der Waals surface area contributed by atoms with Crippen LogP contribution in [0.15, 0.2) is 35.9 Å². The molecule has 0 aliphatic carbocycles. The normalized spacial score (nSPS) is 15.5. The number of hydrogen-bond donors (Lipinski definition) is 1. The molecule has 0 saturated carbocycles. The van der Waals surface area contributed by atoms with Crippen LogP contribution < -0.4 is 4.74 Å². The van der Waals surface area contributed by atoms with Gasteiger partial charge in [-0.15, -0.1) is 0 Å². The lowest BCUT2D eigenvalue weighted by Crippen LogP contribution is -2.74. The van der Waals surface area contributed by atoms with E-state index in [0.717, 1.165) is 0 Å². The van der Waals surface area contributed by atoms with E-state index >= 15 is 0 Å². The predicted octanol–water partition coefficient (Wildman–Crippen LogP) is 11.2. The average molecular weight is 855 g/mol. The standard InChI is InChI=1S/C32H39F17O5Si/c1-7-52-24(51)20(6)8-13-23(50)21-9-11-22(12-10-21)53-15-16-54-55(18(2)3,19(4)5)17-14-25(33,34)26(35,36)27(37,38)28(39,40)29(41,42)30(43,44)31(45,46)32(47,48)49/h8-12,18-19,23,50H,7,13-17H2,1-6H3/b20-8+/t23-/m1/s1. The molecule has 1 aromatic carbocycles. The van der Waals surface area contributed by atoms with E-state index in [0.29, 0.717) is 5.56 Å². The fourth-order valence-corrected chi connectivity index (χ4v) is 9.75. The first-order valence-corrected chi connectivity index (χ1v) is 18.4. The van der Waals surface area contributed by atoms with E-state index in [1.807, 2.05) is 0 Å². The molecule has 23 heteroatoms. The van der Waals surface area contributed by atoms with Gasteiger partial charge in [-0.3, -0.25) is 0 Å². The van der Waals surface area contributed by atoms with E-state index in [2.05, 4.69) is 0 Å². The molecule has 0 aromatic heterocycles. The maximum absolute atomic E-state index is 14.8. The minimum Gasteiger partial charge on any atom is -0.491 e. The van der Waals surface area contributed by atoms with Crippen molar-refractivity contribution in [1.82, 2.24) is 0 Å². The van der Waals surface area contributed by atoms with Gasteiger partial charge >= 0.3 is 53.6 Å². The molecule has 0 radical (unpaired) electrons. The molecule has 320 valence electrons. The van der Waals surface area contributed by atoms with Gasteiger partial charge in [-0.05, 0) is 55.1 Å². The third-order valence-corrected chi connectivity index (χ3v) is 14.5. The number of halogens is 17. The van der Waals surface area contributed by atoms with Crippen LogP contribution in [0.1, 0.15) is 66.1 Å². The first-order valence-electron chi connectivity index (χ1n) is 16.2. The van der Waals surface area contributed by atoms with Gasteiger partial charge in [0.15, 0.2) is 8.32 Å². The van der Waals surface area contributed by atoms with Crippen LogP contribution in [0, 0.1) is 0 Å². The lowest BCUT2D eigenvalue weighted by Gasteiger charge is -2.44. The molecule has 1 rings (SSSR count). The Morgan fingerprint density at radius 1 is 0.709 bits per heavy atom. The smallest absolute Gasteiger partial charge is 0.460 e. The van der Waals surface area contributed by atoms with Crippen LogP contribution in [0.5, 0.6) is 5.75 Å². The van der Waals surface area contributed by atoms with Gasteiger partial charge in [-0.2, -0.15) is 74.6 Å². The highest BCUT2D eigenvalue weighted by molar-refractivity contribution is 6.76. The van der Waals surface area contributed by atoms with Gasteiger partial charge in [0.25, 0.3) is 0 Å². The summed E-state index contributed by atoms with van der Waals surface area (Å²) < 4.78 is 250. The Hall–Kier alpha value is -2.82. The summed E-state index contributed by atoms with van der Waals surface area (Å²) in [5.74, 6) is -57.1. The summed E-state index contributed by atoms with van der Waals surface area (Å²) in [5.41, 5.74) is -1.06. The number of aliphatic hydroxyl groups excluding tert-OH is 1. The van der Waals surface area contributed by atoms with Crippen LogP contribution >= 0.6 is 0 Å². The van der Waals surface area contributed by atoms with E-state index < -0.39 is 98.2 Å². The summed E-state index contributed by atoms with van der Waals surface area (Å²) in [7, 11) is -3.94. The number of alkyl halides is 17. The SMILES string of the molecule is CCOC(=O)/C(C)=C/C[C@@H](O)c1ccc(OCCO[Si](CCC(F)(F)C(F)(F)C(F)(F)C(F)(F)C(F)(F)C(F)(F)C(F)(F)C(F)(F)F)(C(C)C)C(C)C)cc1. The van der Waals surface area contributed by atoms with Crippen molar-refractivity contribution >= 4 is 14.3 Å². The van der Waals surface area contributed by atoms with Crippen molar-refractivity contribution < 1.29 is 98.4 Å². The molecular formula is C32H39F17O5Si. The van der Waals surface area contributed by atoms with Crippen molar-refractivity contribution in [1.29, 1.82) is 0 Å². The summed E-state index contributed by atoms with van der Waals surface area (Å²) >= 11 is 0. The first kappa shape index (κ1) is 50.2. The topological polar surface area (TPSA) is 65.0 Å². The Kier molecular flexibility index (Phi) is 15.8. The number of carbonyl (C=O) groups excluding carboxylic acids is 1. The van der Waals surface area contributed by atoms with Crippen LogP contribution in [0.3, 0.4) is 0 Å². The maximum atomic E-state index is 14.8. The zero-order valence-electron chi connectivity index (χ0n) is 29.9. The molecule has 0 spiro atoms. The van der Waals surface area contributed by atoms with E-state index in [9.17, 15) is 84.5 Å². The van der Waals surface area contributed by atoms with Crippen molar-refractivity contribution in [2.24, 2.45) is 0 Å². The second-order valence-electron chi connectivity index (χ2n) is 13.0. The quantitative estimate of drug-likeness (QED) is 0.0439. The van der Waals surface area contributed by atoms with Crippen LogP contribution in [-0.4, -0.2) is 86.8 Å². The minimum absolute atomic E-state index is 0.0319. The van der Waals surface area contributed by atoms with Crippen LogP contribution in [0.4, 0.5) is 74.6 Å². The summed E-state index contributed by atoms with van der Waals surface area (Å²) in [6.45, 7) is 7.67. The lowest BCUT2D eigenvalue weighted by molar-refractivity contribution is -0.461. The number of aliphatic hydroxyl groups is 1. The number of carbonyl (C=O) groups is 1. The van der Waals surface area contributed by atoms with Crippen LogP contribution in [0.2, 0.25) is 17.1 Å². The van der Waals surface area contributed by atoms with Crippen molar-refractivity contribution in [2.75, 3.05) is 19.8 Å². The van der Waals surface area contributed by atoms with Gasteiger partial charge in [0.05, 0.1) is 19.3 Å². The number of esters is 1. The molecule has 0 bridgehead atoms. The van der Waals surface area contributed by atoms with E-state index in [1.165, 1.54) is 65.0 Å². The molecule has 1 aromatic rings. The molecule has 0 fully saturated rings. The number of ether oxygens (including phenoxy) is 2. The minimum atomic E-state index is -8.68. The zero-order valence-corrected chi connectivity index (χ0v) is 30.9.